The summed E-state index contributed by atoms with van der Waals surface area (Å²) in [5.41, 5.74) is 1.57. The van der Waals surface area contributed by atoms with Gasteiger partial charge in [-0.1, -0.05) is 6.07 Å². The van der Waals surface area contributed by atoms with Crippen LogP contribution in [0.4, 0.5) is 0 Å². The molecule has 0 unspecified atom stereocenters. The van der Waals surface area contributed by atoms with Crippen LogP contribution in [0.2, 0.25) is 0 Å². The van der Waals surface area contributed by atoms with Crippen LogP contribution >= 0.6 is 22.7 Å². The molecule has 1 aromatic carbocycles. The van der Waals surface area contributed by atoms with Crippen LogP contribution in [0.3, 0.4) is 0 Å². The lowest BCUT2D eigenvalue weighted by Gasteiger charge is -2.14. The molecule has 0 spiro atoms. The average molecular weight is 405 g/mol. The molecule has 0 fully saturated rings. The molecule has 2 heterocycles. The van der Waals surface area contributed by atoms with E-state index in [-0.39, 0.29) is 5.91 Å². The Morgan fingerprint density at radius 2 is 1.85 bits per heavy atom. The zero-order valence-electron chi connectivity index (χ0n) is 15.5. The molecular formula is C19H20N2O4S2. The van der Waals surface area contributed by atoms with Gasteiger partial charge in [0.05, 0.1) is 31.9 Å². The van der Waals surface area contributed by atoms with E-state index in [0.717, 1.165) is 21.1 Å². The van der Waals surface area contributed by atoms with Crippen LogP contribution in [0.5, 0.6) is 17.2 Å². The molecule has 8 heteroatoms. The zero-order valence-corrected chi connectivity index (χ0v) is 17.1. The van der Waals surface area contributed by atoms with Gasteiger partial charge in [-0.25, -0.2) is 4.98 Å². The highest BCUT2D eigenvalue weighted by atomic mass is 32.1. The number of rotatable bonds is 7. The number of hydrogen-bond donors (Lipinski definition) is 1. The van der Waals surface area contributed by atoms with E-state index in [4.69, 9.17) is 14.2 Å². The SMILES string of the molecule is COc1cc(CNC(=O)c2sc(-c3cccs3)nc2C)cc(OC)c1OC. The van der Waals surface area contributed by atoms with Crippen LogP contribution in [-0.4, -0.2) is 32.2 Å². The molecular weight excluding hydrogens is 384 g/mol. The number of thiophene rings is 1. The highest BCUT2D eigenvalue weighted by molar-refractivity contribution is 7.22. The van der Waals surface area contributed by atoms with E-state index in [2.05, 4.69) is 10.3 Å². The van der Waals surface area contributed by atoms with Crippen LogP contribution in [0.15, 0.2) is 29.6 Å². The molecule has 0 bridgehead atoms. The summed E-state index contributed by atoms with van der Waals surface area (Å²) in [7, 11) is 4.68. The van der Waals surface area contributed by atoms with Crippen molar-refractivity contribution in [3.05, 3.63) is 45.8 Å². The topological polar surface area (TPSA) is 69.7 Å². The first-order valence-corrected chi connectivity index (χ1v) is 9.85. The zero-order chi connectivity index (χ0) is 19.4. The maximum atomic E-state index is 12.6. The Labute approximate surface area is 165 Å². The molecule has 0 aliphatic carbocycles. The quantitative estimate of drug-likeness (QED) is 0.641. The van der Waals surface area contributed by atoms with Crippen molar-refractivity contribution < 1.29 is 19.0 Å². The Kier molecular flexibility index (Phi) is 5.98. The van der Waals surface area contributed by atoms with Gasteiger partial charge in [-0.2, -0.15) is 0 Å². The van der Waals surface area contributed by atoms with Crippen LogP contribution in [-0.2, 0) is 6.54 Å². The van der Waals surface area contributed by atoms with E-state index in [0.29, 0.717) is 28.7 Å². The lowest BCUT2D eigenvalue weighted by Crippen LogP contribution is -2.22. The third kappa shape index (κ3) is 4.06. The number of benzene rings is 1. The molecule has 0 saturated heterocycles. The molecule has 0 saturated carbocycles. The lowest BCUT2D eigenvalue weighted by molar-refractivity contribution is 0.0954. The predicted octanol–water partition coefficient (Wildman–Crippen LogP) is 4.14. The number of aromatic nitrogens is 1. The first-order chi connectivity index (χ1) is 13.1. The fraction of sp³-hybridized carbons (Fsp3) is 0.263. The second-order valence-corrected chi connectivity index (χ2v) is 7.57. The van der Waals surface area contributed by atoms with Gasteiger partial charge in [-0.05, 0) is 36.1 Å². The van der Waals surface area contributed by atoms with E-state index in [1.807, 2.05) is 36.6 Å². The monoisotopic (exact) mass is 404 g/mol. The summed E-state index contributed by atoms with van der Waals surface area (Å²) in [6, 6.07) is 7.61. The third-order valence-corrected chi connectivity index (χ3v) is 6.11. The van der Waals surface area contributed by atoms with Gasteiger partial charge in [0.2, 0.25) is 5.75 Å². The van der Waals surface area contributed by atoms with Crippen molar-refractivity contribution in [2.75, 3.05) is 21.3 Å². The normalized spacial score (nSPS) is 10.5. The van der Waals surface area contributed by atoms with Gasteiger partial charge in [0.1, 0.15) is 9.88 Å². The number of ether oxygens (including phenoxy) is 3. The van der Waals surface area contributed by atoms with Gasteiger partial charge in [0.25, 0.3) is 5.91 Å². The van der Waals surface area contributed by atoms with Crippen molar-refractivity contribution in [2.45, 2.75) is 13.5 Å². The van der Waals surface area contributed by atoms with Gasteiger partial charge < -0.3 is 19.5 Å². The number of hydrogen-bond acceptors (Lipinski definition) is 7. The number of carbonyl (C=O) groups excluding carboxylic acids is 1. The van der Waals surface area contributed by atoms with Crippen molar-refractivity contribution >= 4 is 28.6 Å². The van der Waals surface area contributed by atoms with Gasteiger partial charge in [0.15, 0.2) is 11.5 Å². The highest BCUT2D eigenvalue weighted by Crippen LogP contribution is 2.38. The van der Waals surface area contributed by atoms with Crippen LogP contribution < -0.4 is 19.5 Å². The Morgan fingerprint density at radius 1 is 1.15 bits per heavy atom. The average Bonchev–Trinajstić information content (AvgIpc) is 3.34. The summed E-state index contributed by atoms with van der Waals surface area (Å²) in [6.45, 7) is 2.18. The van der Waals surface area contributed by atoms with Gasteiger partial charge in [-0.15, -0.1) is 22.7 Å². The highest BCUT2D eigenvalue weighted by Gasteiger charge is 2.18. The van der Waals surface area contributed by atoms with Crippen molar-refractivity contribution in [1.82, 2.24) is 10.3 Å². The second-order valence-electron chi connectivity index (χ2n) is 5.63. The van der Waals surface area contributed by atoms with Gasteiger partial charge >= 0.3 is 0 Å². The number of carbonyl (C=O) groups is 1. The number of methoxy groups -OCH3 is 3. The van der Waals surface area contributed by atoms with E-state index in [1.165, 1.54) is 11.3 Å². The Hall–Kier alpha value is -2.58. The van der Waals surface area contributed by atoms with E-state index >= 15 is 0 Å². The largest absolute Gasteiger partial charge is 0.493 e. The molecule has 0 aliphatic heterocycles. The molecule has 3 aromatic rings. The molecule has 0 aliphatic rings. The van der Waals surface area contributed by atoms with Crippen LogP contribution in [0.25, 0.3) is 9.88 Å². The van der Waals surface area contributed by atoms with E-state index in [9.17, 15) is 4.79 Å². The summed E-state index contributed by atoms with van der Waals surface area (Å²) in [5, 5.41) is 5.80. The minimum Gasteiger partial charge on any atom is -0.493 e. The number of amides is 1. The molecule has 0 radical (unpaired) electrons. The minimum atomic E-state index is -0.151. The maximum absolute atomic E-state index is 12.6. The summed E-state index contributed by atoms with van der Waals surface area (Å²) < 4.78 is 16.0. The summed E-state index contributed by atoms with van der Waals surface area (Å²) in [4.78, 5) is 18.8. The van der Waals surface area contributed by atoms with Crippen molar-refractivity contribution in [1.29, 1.82) is 0 Å². The molecule has 6 nitrogen and oxygen atoms in total. The Balaban J connectivity index is 1.76. The van der Waals surface area contributed by atoms with Crippen molar-refractivity contribution in [3.63, 3.8) is 0 Å². The summed E-state index contributed by atoms with van der Waals surface area (Å²) in [5.74, 6) is 1.47. The molecule has 1 N–H and O–H groups in total. The second kappa shape index (κ2) is 8.41. The van der Waals surface area contributed by atoms with Gasteiger partial charge in [-0.3, -0.25) is 4.79 Å². The number of nitrogens with one attached hydrogen (secondary N) is 1. The molecule has 27 heavy (non-hydrogen) atoms. The number of thiazole rings is 1. The molecule has 142 valence electrons. The standard InChI is InChI=1S/C19H20N2O4S2/c1-11-17(27-19(21-11)15-6-5-7-26-15)18(22)20-10-12-8-13(23-2)16(25-4)14(9-12)24-3/h5-9H,10H2,1-4H3,(H,20,22). The van der Waals surface area contributed by atoms with Crippen LogP contribution in [0, 0.1) is 6.92 Å². The smallest absolute Gasteiger partial charge is 0.263 e. The van der Waals surface area contributed by atoms with Crippen molar-refractivity contribution in [3.8, 4) is 27.1 Å². The Morgan fingerprint density at radius 3 is 2.41 bits per heavy atom. The van der Waals surface area contributed by atoms with E-state index in [1.54, 1.807) is 32.7 Å². The van der Waals surface area contributed by atoms with E-state index < -0.39 is 0 Å². The lowest BCUT2D eigenvalue weighted by atomic mass is 10.1. The fourth-order valence-corrected chi connectivity index (χ4v) is 4.39. The van der Waals surface area contributed by atoms with Crippen LogP contribution in [0.1, 0.15) is 20.9 Å². The first-order valence-electron chi connectivity index (χ1n) is 8.15. The number of nitrogens with zero attached hydrogens (tertiary/aromatic N) is 1. The van der Waals surface area contributed by atoms with Gasteiger partial charge in [0, 0.05) is 6.54 Å². The fourth-order valence-electron chi connectivity index (χ4n) is 2.61. The summed E-state index contributed by atoms with van der Waals surface area (Å²) >= 11 is 3.01. The molecule has 1 amide bonds. The maximum Gasteiger partial charge on any atom is 0.263 e. The van der Waals surface area contributed by atoms with Crippen molar-refractivity contribution in [2.24, 2.45) is 0 Å². The minimum absolute atomic E-state index is 0.151. The third-order valence-electron chi connectivity index (χ3n) is 3.91. The molecule has 0 atom stereocenters. The summed E-state index contributed by atoms with van der Waals surface area (Å²) in [6.07, 6.45) is 0. The molecule has 2 aromatic heterocycles. The molecule has 3 rings (SSSR count). The number of aryl methyl sites for hydroxylation is 1. The first kappa shape index (κ1) is 19.2. The Bertz CT molecular complexity index is 910. The predicted molar refractivity (Wildman–Crippen MR) is 107 cm³/mol.